The molecule has 0 saturated heterocycles. The van der Waals surface area contributed by atoms with Gasteiger partial charge in [0, 0.05) is 27.5 Å². The molecule has 5 nitrogen and oxygen atoms in total. The van der Waals surface area contributed by atoms with Crippen LogP contribution in [0.2, 0.25) is 0 Å². The van der Waals surface area contributed by atoms with Gasteiger partial charge in [-0.1, -0.05) is 164 Å². The molecule has 0 fully saturated rings. The first-order valence-electron chi connectivity index (χ1n) is 21.1. The molecule has 0 spiro atoms. The highest BCUT2D eigenvalue weighted by molar-refractivity contribution is 6.24. The van der Waals surface area contributed by atoms with Crippen molar-refractivity contribution in [1.29, 1.82) is 5.26 Å². The summed E-state index contributed by atoms with van der Waals surface area (Å²) >= 11 is 0. The number of aromatic nitrogens is 3. The second-order valence-corrected chi connectivity index (χ2v) is 16.2. The van der Waals surface area contributed by atoms with E-state index in [1.807, 2.05) is 72.8 Å². The SMILES string of the molecule is N#Cc1ccc(-c2ccc3c4c(ccc(-c5cccc6c5ccc5ccc(-c7nc(-c8ccccc8)nc(-c8cccc9oc%10ccccc%10c89)n7)cc56)c24)-c2ccccc2-3)cc1. The summed E-state index contributed by atoms with van der Waals surface area (Å²) in [5, 5.41) is 18.6. The number of nitriles is 1. The maximum absolute atomic E-state index is 9.62. The van der Waals surface area contributed by atoms with Crippen LogP contribution >= 0.6 is 0 Å². The smallest absolute Gasteiger partial charge is 0.164 e. The number of rotatable bonds is 5. The number of fused-ring (bicyclic) bond motifs is 9. The van der Waals surface area contributed by atoms with Gasteiger partial charge >= 0.3 is 0 Å². The highest BCUT2D eigenvalue weighted by Gasteiger charge is 2.26. The Labute approximate surface area is 361 Å². The predicted molar refractivity (Wildman–Crippen MR) is 256 cm³/mol. The van der Waals surface area contributed by atoms with Crippen molar-refractivity contribution in [3.8, 4) is 84.7 Å². The van der Waals surface area contributed by atoms with E-state index in [1.165, 1.54) is 38.6 Å². The minimum Gasteiger partial charge on any atom is -0.456 e. The monoisotopic (exact) mass is 800 g/mol. The van der Waals surface area contributed by atoms with E-state index in [9.17, 15) is 5.26 Å². The third kappa shape index (κ3) is 5.39. The fraction of sp³-hybridized carbons (Fsp3) is 0. The van der Waals surface area contributed by atoms with E-state index >= 15 is 0 Å². The Morgan fingerprint density at radius 2 is 0.905 bits per heavy atom. The van der Waals surface area contributed by atoms with Gasteiger partial charge < -0.3 is 4.42 Å². The molecule has 0 amide bonds. The van der Waals surface area contributed by atoms with Crippen LogP contribution in [-0.4, -0.2) is 15.0 Å². The Morgan fingerprint density at radius 1 is 0.333 bits per heavy atom. The van der Waals surface area contributed by atoms with Crippen molar-refractivity contribution in [2.45, 2.75) is 0 Å². The van der Waals surface area contributed by atoms with Crippen LogP contribution in [0, 0.1) is 11.3 Å². The summed E-state index contributed by atoms with van der Waals surface area (Å²) in [4.78, 5) is 15.5. The Kier molecular flexibility index (Phi) is 7.60. The molecule has 2 aromatic heterocycles. The molecule has 0 radical (unpaired) electrons. The molecule has 1 aliphatic rings. The normalized spacial score (nSPS) is 11.8. The van der Waals surface area contributed by atoms with E-state index in [2.05, 4.69) is 127 Å². The molecule has 290 valence electrons. The van der Waals surface area contributed by atoms with Gasteiger partial charge in [-0.3, -0.25) is 0 Å². The van der Waals surface area contributed by atoms with Crippen molar-refractivity contribution < 1.29 is 4.42 Å². The molecule has 1 aliphatic carbocycles. The van der Waals surface area contributed by atoms with Gasteiger partial charge in [-0.25, -0.2) is 15.0 Å². The lowest BCUT2D eigenvalue weighted by molar-refractivity contribution is 0.669. The molecule has 2 heterocycles. The zero-order chi connectivity index (χ0) is 41.6. The van der Waals surface area contributed by atoms with Crippen molar-refractivity contribution in [1.82, 2.24) is 15.0 Å². The van der Waals surface area contributed by atoms with Crippen molar-refractivity contribution in [2.24, 2.45) is 0 Å². The summed E-state index contributed by atoms with van der Waals surface area (Å²) < 4.78 is 6.28. The van der Waals surface area contributed by atoms with E-state index in [0.29, 0.717) is 23.0 Å². The van der Waals surface area contributed by atoms with E-state index < -0.39 is 0 Å². The fourth-order valence-corrected chi connectivity index (χ4v) is 9.85. The molecule has 0 atom stereocenters. The van der Waals surface area contributed by atoms with E-state index in [4.69, 9.17) is 19.4 Å². The zero-order valence-electron chi connectivity index (χ0n) is 33.7. The van der Waals surface area contributed by atoms with Crippen LogP contribution in [0.1, 0.15) is 5.56 Å². The maximum Gasteiger partial charge on any atom is 0.164 e. The summed E-state index contributed by atoms with van der Waals surface area (Å²) in [5.74, 6) is 1.79. The number of furan rings is 1. The van der Waals surface area contributed by atoms with E-state index in [-0.39, 0.29) is 0 Å². The Hall–Kier alpha value is -8.72. The summed E-state index contributed by atoms with van der Waals surface area (Å²) in [6.45, 7) is 0. The van der Waals surface area contributed by atoms with Crippen molar-refractivity contribution in [2.75, 3.05) is 0 Å². The second kappa shape index (κ2) is 13.7. The Morgan fingerprint density at radius 3 is 1.70 bits per heavy atom. The molecule has 0 bridgehead atoms. The molecule has 0 unspecified atom stereocenters. The van der Waals surface area contributed by atoms with Gasteiger partial charge in [-0.15, -0.1) is 0 Å². The third-order valence-corrected chi connectivity index (χ3v) is 12.7. The van der Waals surface area contributed by atoms with Crippen LogP contribution in [0.4, 0.5) is 0 Å². The molecule has 0 saturated carbocycles. The molecule has 63 heavy (non-hydrogen) atoms. The Bertz CT molecular complexity index is 3890. The minimum atomic E-state index is 0.587. The molecule has 10 aromatic carbocycles. The van der Waals surface area contributed by atoms with Crippen molar-refractivity contribution in [3.05, 3.63) is 200 Å². The third-order valence-electron chi connectivity index (χ3n) is 12.7. The zero-order valence-corrected chi connectivity index (χ0v) is 33.7. The minimum absolute atomic E-state index is 0.587. The van der Waals surface area contributed by atoms with Gasteiger partial charge in [0.2, 0.25) is 0 Å². The number of hydrogen-bond acceptors (Lipinski definition) is 5. The van der Waals surface area contributed by atoms with Gasteiger partial charge in [0.25, 0.3) is 0 Å². The van der Waals surface area contributed by atoms with Crippen molar-refractivity contribution in [3.63, 3.8) is 0 Å². The average Bonchev–Trinajstić information content (AvgIpc) is 3.90. The first-order chi connectivity index (χ1) is 31.2. The van der Waals surface area contributed by atoms with Gasteiger partial charge in [-0.2, -0.15) is 5.26 Å². The Balaban J connectivity index is 1.02. The van der Waals surface area contributed by atoms with Crippen LogP contribution in [0.25, 0.3) is 133 Å². The van der Waals surface area contributed by atoms with Crippen LogP contribution in [-0.2, 0) is 0 Å². The van der Waals surface area contributed by atoms with E-state index in [1.54, 1.807) is 0 Å². The highest BCUT2D eigenvalue weighted by atomic mass is 16.3. The standard InChI is InChI=1S/C58H32N4O/c59-33-34-20-22-35(23-21-34)39-28-29-46-40-12-4-5-13-41(40)47-31-30-45(54(39)55(46)47)42-15-8-16-43-44(42)27-26-36-24-25-38(32-50(36)43)57-60-56(37-10-2-1-3-11-37)61-58(62-57)49-17-9-19-52-53(49)48-14-6-7-18-51(48)63-52/h1-32H. The van der Waals surface area contributed by atoms with Gasteiger partial charge in [0.1, 0.15) is 11.2 Å². The lowest BCUT2D eigenvalue weighted by atomic mass is 9.86. The van der Waals surface area contributed by atoms with Gasteiger partial charge in [0.05, 0.1) is 11.6 Å². The first kappa shape index (κ1) is 35.1. The lowest BCUT2D eigenvalue weighted by Crippen LogP contribution is -2.00. The summed E-state index contributed by atoms with van der Waals surface area (Å²) in [5.41, 5.74) is 14.5. The van der Waals surface area contributed by atoms with Crippen LogP contribution < -0.4 is 0 Å². The molecule has 0 aliphatic heterocycles. The largest absolute Gasteiger partial charge is 0.456 e. The number of hydrogen-bond donors (Lipinski definition) is 0. The summed E-state index contributed by atoms with van der Waals surface area (Å²) in [6.07, 6.45) is 0. The molecule has 5 heteroatoms. The quantitative estimate of drug-likeness (QED) is 0.162. The number of benzene rings is 10. The second-order valence-electron chi connectivity index (χ2n) is 16.2. The number of para-hydroxylation sites is 1. The first-order valence-corrected chi connectivity index (χ1v) is 21.1. The van der Waals surface area contributed by atoms with Crippen molar-refractivity contribution >= 4 is 54.3 Å². The van der Waals surface area contributed by atoms with Gasteiger partial charge in [0.15, 0.2) is 17.5 Å². The fourth-order valence-electron chi connectivity index (χ4n) is 9.85. The van der Waals surface area contributed by atoms with Crippen LogP contribution in [0.15, 0.2) is 199 Å². The van der Waals surface area contributed by atoms with Gasteiger partial charge in [-0.05, 0) is 107 Å². The molecular formula is C58H32N4O. The number of nitrogens with zero attached hydrogens (tertiary/aromatic N) is 4. The molecule has 12 aromatic rings. The average molecular weight is 801 g/mol. The molecule has 13 rings (SSSR count). The predicted octanol–water partition coefficient (Wildman–Crippen LogP) is 15.1. The maximum atomic E-state index is 9.62. The molecular weight excluding hydrogens is 769 g/mol. The summed E-state index contributed by atoms with van der Waals surface area (Å²) in [6, 6.07) is 70.0. The van der Waals surface area contributed by atoms with Crippen LogP contribution in [0.3, 0.4) is 0 Å². The summed E-state index contributed by atoms with van der Waals surface area (Å²) in [7, 11) is 0. The molecule has 0 N–H and O–H groups in total. The van der Waals surface area contributed by atoms with E-state index in [0.717, 1.165) is 76.9 Å². The van der Waals surface area contributed by atoms with Crippen LogP contribution in [0.5, 0.6) is 0 Å². The lowest BCUT2D eigenvalue weighted by Gasteiger charge is -2.17. The topological polar surface area (TPSA) is 75.6 Å². The highest BCUT2D eigenvalue weighted by Crippen LogP contribution is 2.52.